The Balaban J connectivity index is 0.00000300. The lowest BCUT2D eigenvalue weighted by molar-refractivity contribution is 0.0342. The van der Waals surface area contributed by atoms with Crippen molar-refractivity contribution in [1.82, 2.24) is 15.5 Å². The van der Waals surface area contributed by atoms with Crippen LogP contribution in [0.3, 0.4) is 0 Å². The van der Waals surface area contributed by atoms with E-state index in [0.29, 0.717) is 6.54 Å². The van der Waals surface area contributed by atoms with Crippen molar-refractivity contribution >= 4 is 29.9 Å². The summed E-state index contributed by atoms with van der Waals surface area (Å²) < 4.78 is 5.42. The highest BCUT2D eigenvalue weighted by Gasteiger charge is 2.10. The first-order valence-electron chi connectivity index (χ1n) is 10.2. The molecule has 5 nitrogen and oxygen atoms in total. The van der Waals surface area contributed by atoms with Gasteiger partial charge in [0.05, 0.1) is 25.8 Å². The molecule has 3 rings (SSSR count). The summed E-state index contributed by atoms with van der Waals surface area (Å²) in [5.74, 6) is 0.844. The van der Waals surface area contributed by atoms with Gasteiger partial charge in [-0.05, 0) is 30.5 Å². The third-order valence-corrected chi connectivity index (χ3v) is 4.95. The minimum absolute atomic E-state index is 0. The van der Waals surface area contributed by atoms with Gasteiger partial charge in [-0.1, -0.05) is 54.6 Å². The number of guanidine groups is 1. The predicted octanol–water partition coefficient (Wildman–Crippen LogP) is 3.95. The highest BCUT2D eigenvalue weighted by molar-refractivity contribution is 14.0. The summed E-state index contributed by atoms with van der Waals surface area (Å²) in [4.78, 5) is 7.20. The molecule has 1 atom stereocenters. The molecule has 0 bridgehead atoms. The molecule has 1 aliphatic rings. The molecule has 1 saturated heterocycles. The first-order chi connectivity index (χ1) is 13.7. The minimum Gasteiger partial charge on any atom is -0.379 e. The van der Waals surface area contributed by atoms with Gasteiger partial charge >= 0.3 is 0 Å². The van der Waals surface area contributed by atoms with Gasteiger partial charge in [-0.15, -0.1) is 24.0 Å². The SMILES string of the molecule is CCNC(=NCc1ccc(CN2CCOCC2)cc1)NC(C)c1ccccc1.I. The molecular formula is C23H33IN4O. The summed E-state index contributed by atoms with van der Waals surface area (Å²) in [7, 11) is 0. The number of halogens is 1. The van der Waals surface area contributed by atoms with E-state index in [4.69, 9.17) is 9.73 Å². The van der Waals surface area contributed by atoms with E-state index in [1.165, 1.54) is 16.7 Å². The maximum absolute atomic E-state index is 5.42. The standard InChI is InChI=1S/C23H32N4O.HI/c1-3-24-23(26-19(2)22-7-5-4-6-8-22)25-17-20-9-11-21(12-10-20)18-27-13-15-28-16-14-27;/h4-12,19H,3,13-18H2,1-2H3,(H2,24,25,26);1H. The number of hydrogen-bond acceptors (Lipinski definition) is 3. The molecule has 0 aromatic heterocycles. The van der Waals surface area contributed by atoms with Crippen molar-refractivity contribution in [3.05, 3.63) is 71.3 Å². The van der Waals surface area contributed by atoms with Crippen LogP contribution in [0.4, 0.5) is 0 Å². The van der Waals surface area contributed by atoms with Crippen LogP contribution < -0.4 is 10.6 Å². The highest BCUT2D eigenvalue weighted by atomic mass is 127. The van der Waals surface area contributed by atoms with Crippen molar-refractivity contribution in [2.24, 2.45) is 4.99 Å². The van der Waals surface area contributed by atoms with Gasteiger partial charge in [-0.25, -0.2) is 4.99 Å². The smallest absolute Gasteiger partial charge is 0.192 e. The Morgan fingerprint density at radius 3 is 2.34 bits per heavy atom. The first-order valence-corrected chi connectivity index (χ1v) is 10.2. The van der Waals surface area contributed by atoms with Gasteiger partial charge in [0.25, 0.3) is 0 Å². The van der Waals surface area contributed by atoms with Crippen LogP contribution in [0.25, 0.3) is 0 Å². The lowest BCUT2D eigenvalue weighted by atomic mass is 10.1. The second-order valence-corrected chi connectivity index (χ2v) is 7.18. The molecule has 29 heavy (non-hydrogen) atoms. The molecule has 0 spiro atoms. The van der Waals surface area contributed by atoms with Gasteiger partial charge in [0.1, 0.15) is 0 Å². The van der Waals surface area contributed by atoms with E-state index in [9.17, 15) is 0 Å². The van der Waals surface area contributed by atoms with Crippen LogP contribution in [0.15, 0.2) is 59.6 Å². The average Bonchev–Trinajstić information content (AvgIpc) is 2.74. The summed E-state index contributed by atoms with van der Waals surface area (Å²) in [6.45, 7) is 10.5. The number of aliphatic imine (C=N–C) groups is 1. The maximum atomic E-state index is 5.42. The second-order valence-electron chi connectivity index (χ2n) is 7.18. The largest absolute Gasteiger partial charge is 0.379 e. The van der Waals surface area contributed by atoms with E-state index >= 15 is 0 Å². The van der Waals surface area contributed by atoms with Crippen molar-refractivity contribution in [2.75, 3.05) is 32.8 Å². The Morgan fingerprint density at radius 1 is 1.03 bits per heavy atom. The average molecular weight is 508 g/mol. The molecule has 1 fully saturated rings. The van der Waals surface area contributed by atoms with Gasteiger partial charge in [-0.3, -0.25) is 4.90 Å². The van der Waals surface area contributed by atoms with Crippen LogP contribution in [-0.2, 0) is 17.8 Å². The third-order valence-electron chi connectivity index (χ3n) is 4.95. The maximum Gasteiger partial charge on any atom is 0.192 e. The summed E-state index contributed by atoms with van der Waals surface area (Å²) >= 11 is 0. The summed E-state index contributed by atoms with van der Waals surface area (Å²) in [5.41, 5.74) is 3.81. The minimum atomic E-state index is 0. The lowest BCUT2D eigenvalue weighted by Gasteiger charge is -2.26. The zero-order valence-electron chi connectivity index (χ0n) is 17.4. The highest BCUT2D eigenvalue weighted by Crippen LogP contribution is 2.12. The van der Waals surface area contributed by atoms with Crippen molar-refractivity contribution in [3.8, 4) is 0 Å². The first kappa shape index (κ1) is 23.6. The van der Waals surface area contributed by atoms with Crippen molar-refractivity contribution in [1.29, 1.82) is 0 Å². The Kier molecular flexibility index (Phi) is 10.5. The lowest BCUT2D eigenvalue weighted by Crippen LogP contribution is -2.38. The molecule has 2 aromatic carbocycles. The summed E-state index contributed by atoms with van der Waals surface area (Å²) in [6, 6.07) is 19.4. The fourth-order valence-electron chi connectivity index (χ4n) is 3.29. The molecule has 0 saturated carbocycles. The number of benzene rings is 2. The van der Waals surface area contributed by atoms with E-state index in [0.717, 1.165) is 45.4 Å². The van der Waals surface area contributed by atoms with Crippen LogP contribution in [0, 0.1) is 0 Å². The third kappa shape index (κ3) is 7.95. The van der Waals surface area contributed by atoms with Crippen LogP contribution in [0.1, 0.15) is 36.6 Å². The number of hydrogen-bond donors (Lipinski definition) is 2. The predicted molar refractivity (Wildman–Crippen MR) is 131 cm³/mol. The molecular weight excluding hydrogens is 475 g/mol. The van der Waals surface area contributed by atoms with Gasteiger partial charge in [-0.2, -0.15) is 0 Å². The molecule has 1 aliphatic heterocycles. The molecule has 2 aromatic rings. The Bertz CT molecular complexity index is 730. The van der Waals surface area contributed by atoms with Crippen LogP contribution in [-0.4, -0.2) is 43.7 Å². The molecule has 0 aliphatic carbocycles. The van der Waals surface area contributed by atoms with Crippen LogP contribution >= 0.6 is 24.0 Å². The number of nitrogens with zero attached hydrogens (tertiary/aromatic N) is 2. The van der Waals surface area contributed by atoms with Gasteiger partial charge in [0, 0.05) is 26.2 Å². The van der Waals surface area contributed by atoms with E-state index in [2.05, 4.69) is 77.9 Å². The van der Waals surface area contributed by atoms with E-state index < -0.39 is 0 Å². The van der Waals surface area contributed by atoms with Gasteiger partial charge in [0.2, 0.25) is 0 Å². The normalized spacial score (nSPS) is 16.0. The molecule has 2 N–H and O–H groups in total. The Morgan fingerprint density at radius 2 is 1.69 bits per heavy atom. The van der Waals surface area contributed by atoms with E-state index in [1.807, 2.05) is 6.07 Å². The van der Waals surface area contributed by atoms with Crippen LogP contribution in [0.5, 0.6) is 0 Å². The fraction of sp³-hybridized carbons (Fsp3) is 0.435. The zero-order valence-corrected chi connectivity index (χ0v) is 19.8. The quantitative estimate of drug-likeness (QED) is 0.338. The molecule has 0 amide bonds. The van der Waals surface area contributed by atoms with Gasteiger partial charge < -0.3 is 15.4 Å². The molecule has 0 radical (unpaired) electrons. The fourth-order valence-corrected chi connectivity index (χ4v) is 3.29. The molecule has 6 heteroatoms. The van der Waals surface area contributed by atoms with Crippen molar-refractivity contribution in [2.45, 2.75) is 33.0 Å². The number of morpholine rings is 1. The Hall–Kier alpha value is -1.64. The molecule has 158 valence electrons. The topological polar surface area (TPSA) is 48.9 Å². The van der Waals surface area contributed by atoms with Crippen molar-refractivity contribution in [3.63, 3.8) is 0 Å². The summed E-state index contributed by atoms with van der Waals surface area (Å²) in [6.07, 6.45) is 0. The second kappa shape index (κ2) is 12.8. The zero-order chi connectivity index (χ0) is 19.6. The van der Waals surface area contributed by atoms with Gasteiger partial charge in [0.15, 0.2) is 5.96 Å². The summed E-state index contributed by atoms with van der Waals surface area (Å²) in [5, 5.41) is 6.83. The number of rotatable bonds is 7. The van der Waals surface area contributed by atoms with Crippen LogP contribution in [0.2, 0.25) is 0 Å². The molecule has 1 unspecified atom stereocenters. The van der Waals surface area contributed by atoms with E-state index in [-0.39, 0.29) is 30.0 Å². The van der Waals surface area contributed by atoms with E-state index in [1.54, 1.807) is 0 Å². The monoisotopic (exact) mass is 508 g/mol. The van der Waals surface area contributed by atoms with Crippen molar-refractivity contribution < 1.29 is 4.74 Å². The number of nitrogens with one attached hydrogen (secondary N) is 2. The number of ether oxygens (including phenoxy) is 1. The molecule has 1 heterocycles. The Labute approximate surface area is 192 Å².